The molecule has 0 spiro atoms. The molecule has 0 aromatic rings. The van der Waals surface area contributed by atoms with Crippen LogP contribution in [0.25, 0.3) is 0 Å². The lowest BCUT2D eigenvalue weighted by atomic mass is 10.2. The van der Waals surface area contributed by atoms with E-state index in [1.54, 1.807) is 34.6 Å². The van der Waals surface area contributed by atoms with Gasteiger partial charge in [0.05, 0.1) is 6.61 Å². The molecule has 0 aromatic heterocycles. The van der Waals surface area contributed by atoms with Gasteiger partial charge in [-0.2, -0.15) is 25.3 Å². The zero-order valence-electron chi connectivity index (χ0n) is 11.5. The third kappa shape index (κ3) is 7.16. The molecular weight excluding hydrogens is 272 g/mol. The molecule has 0 N–H and O–H groups in total. The van der Waals surface area contributed by atoms with Crippen LogP contribution in [-0.4, -0.2) is 34.1 Å². The molecule has 1 atom stereocenters. The number of rotatable bonds is 6. The molecule has 6 heteroatoms. The van der Waals surface area contributed by atoms with Gasteiger partial charge < -0.3 is 9.47 Å². The minimum absolute atomic E-state index is 0.199. The Kier molecular flexibility index (Phi) is 6.57. The topological polar surface area (TPSA) is 52.6 Å². The van der Waals surface area contributed by atoms with E-state index >= 15 is 0 Å². The van der Waals surface area contributed by atoms with Crippen molar-refractivity contribution in [2.45, 2.75) is 56.6 Å². The lowest BCUT2D eigenvalue weighted by molar-refractivity contribution is -0.152. The maximum Gasteiger partial charge on any atom is 0.321 e. The minimum Gasteiger partial charge on any atom is -0.465 e. The van der Waals surface area contributed by atoms with E-state index < -0.39 is 9.49 Å². The molecule has 0 aliphatic carbocycles. The monoisotopic (exact) mass is 294 g/mol. The van der Waals surface area contributed by atoms with Crippen LogP contribution in [0.5, 0.6) is 0 Å². The van der Waals surface area contributed by atoms with E-state index in [9.17, 15) is 9.59 Å². The molecule has 0 fully saturated rings. The van der Waals surface area contributed by atoms with Crippen LogP contribution in [0.4, 0.5) is 0 Å². The number of esters is 2. The Hall–Kier alpha value is -0.360. The average Bonchev–Trinajstić information content (AvgIpc) is 2.14. The Balaban J connectivity index is 3.96. The highest BCUT2D eigenvalue weighted by Gasteiger charge is 2.27. The fourth-order valence-corrected chi connectivity index (χ4v) is 0.997. The van der Waals surface area contributed by atoms with Gasteiger partial charge in [0.1, 0.15) is 15.6 Å². The molecule has 0 radical (unpaired) electrons. The van der Waals surface area contributed by atoms with Crippen LogP contribution in [0.15, 0.2) is 0 Å². The van der Waals surface area contributed by atoms with E-state index in [1.807, 2.05) is 0 Å². The van der Waals surface area contributed by atoms with E-state index in [2.05, 4.69) is 25.3 Å². The van der Waals surface area contributed by atoms with Crippen molar-refractivity contribution < 1.29 is 19.1 Å². The SMILES string of the molecule is CC(CCOC(=O)C(C)(C)S)OC(=O)C(C)(C)S. The van der Waals surface area contributed by atoms with Crippen LogP contribution < -0.4 is 0 Å². The molecule has 0 aliphatic heterocycles. The number of thiol groups is 2. The summed E-state index contributed by atoms with van der Waals surface area (Å²) in [6.45, 7) is 8.58. The largest absolute Gasteiger partial charge is 0.465 e. The lowest BCUT2D eigenvalue weighted by Gasteiger charge is -2.21. The first-order valence-electron chi connectivity index (χ1n) is 5.77. The van der Waals surface area contributed by atoms with Crippen LogP contribution in [0.1, 0.15) is 41.0 Å². The molecule has 0 heterocycles. The summed E-state index contributed by atoms with van der Waals surface area (Å²) in [5.41, 5.74) is 0. The smallest absolute Gasteiger partial charge is 0.321 e. The molecule has 0 saturated heterocycles. The van der Waals surface area contributed by atoms with Crippen LogP contribution >= 0.6 is 25.3 Å². The van der Waals surface area contributed by atoms with Crippen molar-refractivity contribution in [2.75, 3.05) is 6.61 Å². The van der Waals surface area contributed by atoms with E-state index in [-0.39, 0.29) is 24.6 Å². The van der Waals surface area contributed by atoms with Crippen LogP contribution in [-0.2, 0) is 19.1 Å². The van der Waals surface area contributed by atoms with Crippen molar-refractivity contribution in [2.24, 2.45) is 0 Å². The predicted molar refractivity (Wildman–Crippen MR) is 77.3 cm³/mol. The van der Waals surface area contributed by atoms with E-state index in [0.29, 0.717) is 6.42 Å². The molecule has 0 bridgehead atoms. The zero-order chi connectivity index (χ0) is 14.6. The van der Waals surface area contributed by atoms with Gasteiger partial charge in [0, 0.05) is 6.42 Å². The Labute approximate surface area is 120 Å². The molecule has 1 unspecified atom stereocenters. The van der Waals surface area contributed by atoms with E-state index in [1.165, 1.54) is 0 Å². The highest BCUT2D eigenvalue weighted by Crippen LogP contribution is 2.17. The summed E-state index contributed by atoms with van der Waals surface area (Å²) >= 11 is 8.21. The fraction of sp³-hybridized carbons (Fsp3) is 0.833. The molecule has 4 nitrogen and oxygen atoms in total. The van der Waals surface area contributed by atoms with Gasteiger partial charge in [0.2, 0.25) is 0 Å². The minimum atomic E-state index is -0.821. The molecule has 0 aliphatic rings. The van der Waals surface area contributed by atoms with Crippen molar-refractivity contribution in [3.8, 4) is 0 Å². The Morgan fingerprint density at radius 3 is 1.89 bits per heavy atom. The number of ether oxygens (including phenoxy) is 2. The summed E-state index contributed by atoms with van der Waals surface area (Å²) in [4.78, 5) is 22.9. The summed E-state index contributed by atoms with van der Waals surface area (Å²) in [5, 5.41) is 0. The summed E-state index contributed by atoms with van der Waals surface area (Å²) < 4.78 is 8.54. The standard InChI is InChI=1S/C12H22O4S2/c1-8(16-10(14)12(4,5)18)6-7-15-9(13)11(2,3)17/h8,17-18H,6-7H2,1-5H3. The third-order valence-electron chi connectivity index (χ3n) is 2.06. The molecule has 18 heavy (non-hydrogen) atoms. The highest BCUT2D eigenvalue weighted by atomic mass is 32.1. The summed E-state index contributed by atoms with van der Waals surface area (Å²) in [7, 11) is 0. The van der Waals surface area contributed by atoms with Gasteiger partial charge in [-0.3, -0.25) is 9.59 Å². The number of hydrogen-bond acceptors (Lipinski definition) is 6. The van der Waals surface area contributed by atoms with Crippen molar-refractivity contribution >= 4 is 37.2 Å². The Morgan fingerprint density at radius 2 is 1.50 bits per heavy atom. The van der Waals surface area contributed by atoms with Gasteiger partial charge in [-0.05, 0) is 34.6 Å². The molecule has 0 aromatic carbocycles. The fourth-order valence-electron chi connectivity index (χ4n) is 0.880. The van der Waals surface area contributed by atoms with Crippen LogP contribution in [0.3, 0.4) is 0 Å². The summed E-state index contributed by atoms with van der Waals surface area (Å²) in [6, 6.07) is 0. The molecule has 0 saturated carbocycles. The van der Waals surface area contributed by atoms with Gasteiger partial charge >= 0.3 is 11.9 Å². The van der Waals surface area contributed by atoms with Gasteiger partial charge in [-0.15, -0.1) is 0 Å². The van der Waals surface area contributed by atoms with Crippen molar-refractivity contribution in [1.29, 1.82) is 0 Å². The number of carbonyl (C=O) groups excluding carboxylic acids is 2. The van der Waals surface area contributed by atoms with Gasteiger partial charge in [0.15, 0.2) is 0 Å². The second kappa shape index (κ2) is 6.70. The first-order chi connectivity index (χ1) is 7.94. The Bertz CT molecular complexity index is 302. The lowest BCUT2D eigenvalue weighted by Crippen LogP contribution is -2.32. The molecule has 0 rings (SSSR count). The predicted octanol–water partition coefficient (Wildman–Crippen LogP) is 2.27. The van der Waals surface area contributed by atoms with E-state index in [0.717, 1.165) is 0 Å². The van der Waals surface area contributed by atoms with Crippen LogP contribution in [0.2, 0.25) is 0 Å². The highest BCUT2D eigenvalue weighted by molar-refractivity contribution is 7.82. The molecule has 106 valence electrons. The quantitative estimate of drug-likeness (QED) is 0.583. The third-order valence-corrected chi connectivity index (χ3v) is 2.43. The maximum absolute atomic E-state index is 11.5. The van der Waals surface area contributed by atoms with Gasteiger partial charge in [-0.1, -0.05) is 0 Å². The average molecular weight is 294 g/mol. The molecular formula is C12H22O4S2. The maximum atomic E-state index is 11.5. The normalized spacial score (nSPS) is 13.9. The Morgan fingerprint density at radius 1 is 1.06 bits per heavy atom. The number of carbonyl (C=O) groups is 2. The zero-order valence-corrected chi connectivity index (χ0v) is 13.3. The summed E-state index contributed by atoms with van der Waals surface area (Å²) in [5.74, 6) is -0.780. The van der Waals surface area contributed by atoms with Crippen molar-refractivity contribution in [1.82, 2.24) is 0 Å². The van der Waals surface area contributed by atoms with Gasteiger partial charge in [-0.25, -0.2) is 0 Å². The molecule has 0 amide bonds. The second-order valence-corrected chi connectivity index (χ2v) is 7.49. The second-order valence-electron chi connectivity index (χ2n) is 5.26. The first-order valence-corrected chi connectivity index (χ1v) is 6.67. The van der Waals surface area contributed by atoms with Crippen molar-refractivity contribution in [3.63, 3.8) is 0 Å². The summed E-state index contributed by atoms with van der Waals surface area (Å²) in [6.07, 6.45) is 0.130. The van der Waals surface area contributed by atoms with E-state index in [4.69, 9.17) is 9.47 Å². The van der Waals surface area contributed by atoms with Gasteiger partial charge in [0.25, 0.3) is 0 Å². The van der Waals surface area contributed by atoms with Crippen LogP contribution in [0, 0.1) is 0 Å². The first kappa shape index (κ1) is 17.6. The van der Waals surface area contributed by atoms with Crippen molar-refractivity contribution in [3.05, 3.63) is 0 Å². The number of hydrogen-bond donors (Lipinski definition) is 2.